The SMILES string of the molecule is CCC1CC(CC)n2nc(C3CCOCC3)cc2N1. The second kappa shape index (κ2) is 5.53. The Morgan fingerprint density at radius 2 is 2.11 bits per heavy atom. The number of nitrogens with one attached hydrogen (secondary N) is 1. The van der Waals surface area contributed by atoms with Crippen LogP contribution in [0.4, 0.5) is 5.82 Å². The van der Waals surface area contributed by atoms with Gasteiger partial charge >= 0.3 is 0 Å². The third-order valence-corrected chi connectivity index (χ3v) is 4.61. The summed E-state index contributed by atoms with van der Waals surface area (Å²) in [6, 6.07) is 3.45. The van der Waals surface area contributed by atoms with Crippen molar-refractivity contribution in [3.05, 3.63) is 11.8 Å². The van der Waals surface area contributed by atoms with E-state index in [4.69, 9.17) is 9.84 Å². The predicted octanol–water partition coefficient (Wildman–Crippen LogP) is 3.32. The lowest BCUT2D eigenvalue weighted by molar-refractivity contribution is 0.0843. The maximum absolute atomic E-state index is 5.45. The van der Waals surface area contributed by atoms with Gasteiger partial charge in [-0.05, 0) is 32.1 Å². The number of hydrogen-bond acceptors (Lipinski definition) is 3. The summed E-state index contributed by atoms with van der Waals surface area (Å²) in [5, 5.41) is 8.53. The number of ether oxygens (including phenoxy) is 1. The van der Waals surface area contributed by atoms with Crippen molar-refractivity contribution in [2.45, 2.75) is 64.0 Å². The smallest absolute Gasteiger partial charge is 0.125 e. The average molecular weight is 263 g/mol. The number of nitrogens with zero attached hydrogens (tertiary/aromatic N) is 2. The van der Waals surface area contributed by atoms with Gasteiger partial charge in [0.25, 0.3) is 0 Å². The molecule has 1 saturated heterocycles. The van der Waals surface area contributed by atoms with E-state index in [1.165, 1.54) is 30.8 Å². The molecule has 3 rings (SSSR count). The van der Waals surface area contributed by atoms with E-state index < -0.39 is 0 Å². The molecule has 2 atom stereocenters. The Hall–Kier alpha value is -1.03. The summed E-state index contributed by atoms with van der Waals surface area (Å²) in [6.07, 6.45) is 5.79. The molecule has 19 heavy (non-hydrogen) atoms. The van der Waals surface area contributed by atoms with Crippen LogP contribution < -0.4 is 5.32 Å². The quantitative estimate of drug-likeness (QED) is 0.909. The average Bonchev–Trinajstić information content (AvgIpc) is 2.91. The van der Waals surface area contributed by atoms with Crippen LogP contribution in [0.5, 0.6) is 0 Å². The molecular formula is C15H25N3O. The maximum Gasteiger partial charge on any atom is 0.125 e. The molecule has 106 valence electrons. The lowest BCUT2D eigenvalue weighted by atomic mass is 9.96. The van der Waals surface area contributed by atoms with Crippen molar-refractivity contribution >= 4 is 5.82 Å². The first-order chi connectivity index (χ1) is 9.31. The van der Waals surface area contributed by atoms with E-state index >= 15 is 0 Å². The minimum absolute atomic E-state index is 0.565. The fourth-order valence-corrected chi connectivity index (χ4v) is 3.30. The summed E-state index contributed by atoms with van der Waals surface area (Å²) in [7, 11) is 0. The van der Waals surface area contributed by atoms with E-state index in [1.807, 2.05) is 0 Å². The molecule has 0 bridgehead atoms. The molecule has 0 aliphatic carbocycles. The first kappa shape index (κ1) is 13.0. The van der Waals surface area contributed by atoms with Crippen molar-refractivity contribution in [1.82, 2.24) is 9.78 Å². The van der Waals surface area contributed by atoms with Gasteiger partial charge < -0.3 is 10.1 Å². The van der Waals surface area contributed by atoms with E-state index in [2.05, 4.69) is 29.9 Å². The molecule has 3 heterocycles. The molecule has 2 aliphatic heterocycles. The van der Waals surface area contributed by atoms with E-state index in [-0.39, 0.29) is 0 Å². The van der Waals surface area contributed by atoms with Crippen molar-refractivity contribution in [1.29, 1.82) is 0 Å². The molecule has 1 N–H and O–H groups in total. The number of hydrogen-bond donors (Lipinski definition) is 1. The molecule has 4 heteroatoms. The summed E-state index contributed by atoms with van der Waals surface area (Å²) < 4.78 is 7.68. The van der Waals surface area contributed by atoms with Crippen LogP contribution in [-0.4, -0.2) is 29.0 Å². The van der Waals surface area contributed by atoms with Gasteiger partial charge in [-0.25, -0.2) is 4.68 Å². The molecule has 4 nitrogen and oxygen atoms in total. The summed E-state index contributed by atoms with van der Waals surface area (Å²) >= 11 is 0. The monoisotopic (exact) mass is 263 g/mol. The molecule has 0 radical (unpaired) electrons. The summed E-state index contributed by atoms with van der Waals surface area (Å²) in [5.74, 6) is 1.82. The summed E-state index contributed by atoms with van der Waals surface area (Å²) in [4.78, 5) is 0. The summed E-state index contributed by atoms with van der Waals surface area (Å²) in [6.45, 7) is 6.29. The van der Waals surface area contributed by atoms with Crippen LogP contribution in [0.15, 0.2) is 6.07 Å². The second-order valence-electron chi connectivity index (χ2n) is 5.83. The normalized spacial score (nSPS) is 27.9. The van der Waals surface area contributed by atoms with Crippen LogP contribution in [-0.2, 0) is 4.74 Å². The molecule has 0 amide bonds. The van der Waals surface area contributed by atoms with Gasteiger partial charge in [0.1, 0.15) is 5.82 Å². The van der Waals surface area contributed by atoms with Crippen molar-refractivity contribution in [2.75, 3.05) is 18.5 Å². The zero-order valence-electron chi connectivity index (χ0n) is 12.1. The van der Waals surface area contributed by atoms with E-state index in [1.54, 1.807) is 0 Å². The zero-order valence-corrected chi connectivity index (χ0v) is 12.1. The van der Waals surface area contributed by atoms with Crippen molar-refractivity contribution in [3.8, 4) is 0 Å². The zero-order chi connectivity index (χ0) is 13.2. The van der Waals surface area contributed by atoms with Gasteiger partial charge in [0, 0.05) is 31.2 Å². The molecule has 1 fully saturated rings. The van der Waals surface area contributed by atoms with Crippen LogP contribution in [0, 0.1) is 0 Å². The first-order valence-corrected chi connectivity index (χ1v) is 7.75. The lowest BCUT2D eigenvalue weighted by Gasteiger charge is -2.31. The van der Waals surface area contributed by atoms with E-state index in [0.29, 0.717) is 18.0 Å². The molecule has 0 aromatic carbocycles. The van der Waals surface area contributed by atoms with Gasteiger partial charge in [0.15, 0.2) is 0 Å². The van der Waals surface area contributed by atoms with Gasteiger partial charge in [-0.2, -0.15) is 5.10 Å². The molecule has 0 saturated carbocycles. The summed E-state index contributed by atoms with van der Waals surface area (Å²) in [5.41, 5.74) is 1.26. The van der Waals surface area contributed by atoms with Gasteiger partial charge in [-0.15, -0.1) is 0 Å². The molecule has 2 aliphatic rings. The lowest BCUT2D eigenvalue weighted by Crippen LogP contribution is -2.31. The fraction of sp³-hybridized carbons (Fsp3) is 0.800. The van der Waals surface area contributed by atoms with Crippen LogP contribution >= 0.6 is 0 Å². The Morgan fingerprint density at radius 3 is 2.79 bits per heavy atom. The highest BCUT2D eigenvalue weighted by molar-refractivity contribution is 5.41. The highest BCUT2D eigenvalue weighted by Crippen LogP contribution is 2.34. The molecule has 1 aromatic heterocycles. The molecule has 0 spiro atoms. The topological polar surface area (TPSA) is 39.1 Å². The van der Waals surface area contributed by atoms with E-state index in [0.717, 1.165) is 26.1 Å². The van der Waals surface area contributed by atoms with Crippen LogP contribution in [0.1, 0.15) is 63.6 Å². The Morgan fingerprint density at radius 1 is 1.32 bits per heavy atom. The first-order valence-electron chi connectivity index (χ1n) is 7.75. The number of rotatable bonds is 3. The third kappa shape index (κ3) is 2.50. The van der Waals surface area contributed by atoms with Gasteiger partial charge in [0.2, 0.25) is 0 Å². The van der Waals surface area contributed by atoms with Gasteiger partial charge in [-0.3, -0.25) is 0 Å². The second-order valence-corrected chi connectivity index (χ2v) is 5.83. The minimum Gasteiger partial charge on any atom is -0.381 e. The molecular weight excluding hydrogens is 238 g/mol. The predicted molar refractivity (Wildman–Crippen MR) is 76.7 cm³/mol. The van der Waals surface area contributed by atoms with Crippen LogP contribution in [0.25, 0.3) is 0 Å². The maximum atomic E-state index is 5.45. The van der Waals surface area contributed by atoms with Gasteiger partial charge in [-0.1, -0.05) is 13.8 Å². The molecule has 2 unspecified atom stereocenters. The van der Waals surface area contributed by atoms with Gasteiger partial charge in [0.05, 0.1) is 11.7 Å². The highest BCUT2D eigenvalue weighted by atomic mass is 16.5. The Balaban J connectivity index is 1.84. The van der Waals surface area contributed by atoms with Crippen LogP contribution in [0.2, 0.25) is 0 Å². The molecule has 1 aromatic rings. The highest BCUT2D eigenvalue weighted by Gasteiger charge is 2.28. The van der Waals surface area contributed by atoms with Crippen molar-refractivity contribution in [2.24, 2.45) is 0 Å². The van der Waals surface area contributed by atoms with E-state index in [9.17, 15) is 0 Å². The fourth-order valence-electron chi connectivity index (χ4n) is 3.30. The van der Waals surface area contributed by atoms with Crippen molar-refractivity contribution < 1.29 is 4.74 Å². The van der Waals surface area contributed by atoms with Crippen LogP contribution in [0.3, 0.4) is 0 Å². The minimum atomic E-state index is 0.565. The van der Waals surface area contributed by atoms with Crippen molar-refractivity contribution in [3.63, 3.8) is 0 Å². The standard InChI is InChI=1S/C15H25N3O/c1-3-12-9-13(4-2)18-15(16-12)10-14(17-18)11-5-7-19-8-6-11/h10-13,16H,3-9H2,1-2H3. The Kier molecular flexibility index (Phi) is 3.78. The number of fused-ring (bicyclic) bond motifs is 1. The Bertz CT molecular complexity index is 423. The number of anilines is 1. The Labute approximate surface area is 115 Å². The largest absolute Gasteiger partial charge is 0.381 e. The number of aromatic nitrogens is 2. The third-order valence-electron chi connectivity index (χ3n) is 4.61.